The smallest absolute Gasteiger partial charge is 0.266 e. The van der Waals surface area contributed by atoms with E-state index < -0.39 is 0 Å². The van der Waals surface area contributed by atoms with Crippen LogP contribution in [0.25, 0.3) is 11.0 Å². The van der Waals surface area contributed by atoms with E-state index in [-0.39, 0.29) is 5.56 Å². The number of aromatic nitrogens is 2. The normalized spacial score (nSPS) is 10.3. The Balaban J connectivity index is 2.80. The van der Waals surface area contributed by atoms with Gasteiger partial charge in [0.2, 0.25) is 0 Å². The van der Waals surface area contributed by atoms with Gasteiger partial charge < -0.3 is 14.5 Å². The Kier molecular flexibility index (Phi) is 2.29. The molecule has 1 aromatic carbocycles. The largest absolute Gasteiger partial charge is 0.497 e. The van der Waals surface area contributed by atoms with E-state index in [0.29, 0.717) is 22.5 Å². The number of nitrogens with zero attached hydrogens (tertiary/aromatic N) is 1. The van der Waals surface area contributed by atoms with Crippen LogP contribution in [0.3, 0.4) is 0 Å². The van der Waals surface area contributed by atoms with Crippen molar-refractivity contribution in [1.29, 1.82) is 0 Å². The Labute approximate surface area is 85.7 Å². The molecule has 0 fully saturated rings. The van der Waals surface area contributed by atoms with Crippen LogP contribution in [0.5, 0.6) is 11.5 Å². The fourth-order valence-electron chi connectivity index (χ4n) is 1.37. The molecule has 5 nitrogen and oxygen atoms in total. The zero-order valence-electron chi connectivity index (χ0n) is 8.40. The summed E-state index contributed by atoms with van der Waals surface area (Å²) in [6.07, 6.45) is 1.22. The van der Waals surface area contributed by atoms with Crippen molar-refractivity contribution in [3.05, 3.63) is 28.7 Å². The lowest BCUT2D eigenvalue weighted by atomic mass is 10.2. The standard InChI is InChI=1S/C10H10N2O3/c1-14-6-3-7-10(8(4-6)15-2)12-9(13)5-11-7/h3-5H,1-2H3,(H,12,13). The molecule has 2 aromatic rings. The number of benzene rings is 1. The molecular weight excluding hydrogens is 196 g/mol. The molecule has 1 aromatic heterocycles. The summed E-state index contributed by atoms with van der Waals surface area (Å²) in [6, 6.07) is 3.42. The van der Waals surface area contributed by atoms with Crippen LogP contribution in [0.1, 0.15) is 0 Å². The Bertz CT molecular complexity index is 548. The number of aromatic amines is 1. The van der Waals surface area contributed by atoms with Crippen molar-refractivity contribution in [2.45, 2.75) is 0 Å². The lowest BCUT2D eigenvalue weighted by Gasteiger charge is -2.06. The molecule has 0 aliphatic carbocycles. The van der Waals surface area contributed by atoms with Crippen molar-refractivity contribution >= 4 is 11.0 Å². The molecule has 5 heteroatoms. The average Bonchev–Trinajstić information content (AvgIpc) is 2.27. The predicted molar refractivity (Wildman–Crippen MR) is 55.5 cm³/mol. The van der Waals surface area contributed by atoms with Crippen molar-refractivity contribution < 1.29 is 9.47 Å². The summed E-state index contributed by atoms with van der Waals surface area (Å²) in [5.41, 5.74) is 0.947. The molecule has 15 heavy (non-hydrogen) atoms. The van der Waals surface area contributed by atoms with Gasteiger partial charge in [0.25, 0.3) is 5.56 Å². The highest BCUT2D eigenvalue weighted by Gasteiger charge is 2.06. The summed E-state index contributed by atoms with van der Waals surface area (Å²) in [5, 5.41) is 0. The summed E-state index contributed by atoms with van der Waals surface area (Å²) < 4.78 is 10.2. The molecule has 78 valence electrons. The van der Waals surface area contributed by atoms with Gasteiger partial charge in [-0.05, 0) is 0 Å². The Morgan fingerprint density at radius 2 is 2.07 bits per heavy atom. The van der Waals surface area contributed by atoms with Gasteiger partial charge in [0.1, 0.15) is 17.0 Å². The summed E-state index contributed by atoms with van der Waals surface area (Å²) in [7, 11) is 3.09. The third kappa shape index (κ3) is 1.63. The minimum atomic E-state index is -0.258. The first-order chi connectivity index (χ1) is 7.24. The minimum Gasteiger partial charge on any atom is -0.497 e. The molecule has 0 spiro atoms. The van der Waals surface area contributed by atoms with E-state index in [9.17, 15) is 4.79 Å². The van der Waals surface area contributed by atoms with Crippen molar-refractivity contribution in [2.24, 2.45) is 0 Å². The fourth-order valence-corrected chi connectivity index (χ4v) is 1.37. The predicted octanol–water partition coefficient (Wildman–Crippen LogP) is 0.940. The Hall–Kier alpha value is -2.04. The molecule has 0 bridgehead atoms. The molecule has 1 heterocycles. The zero-order valence-corrected chi connectivity index (χ0v) is 8.40. The van der Waals surface area contributed by atoms with Gasteiger partial charge in [0, 0.05) is 12.1 Å². The first-order valence-electron chi connectivity index (χ1n) is 4.35. The number of nitrogens with one attached hydrogen (secondary N) is 1. The minimum absolute atomic E-state index is 0.258. The van der Waals surface area contributed by atoms with Gasteiger partial charge in [-0.2, -0.15) is 0 Å². The van der Waals surface area contributed by atoms with E-state index in [1.165, 1.54) is 13.3 Å². The van der Waals surface area contributed by atoms with Crippen LogP contribution in [0.2, 0.25) is 0 Å². The number of H-pyrrole nitrogens is 1. The third-order valence-electron chi connectivity index (χ3n) is 2.08. The summed E-state index contributed by atoms with van der Waals surface area (Å²) in [4.78, 5) is 17.8. The van der Waals surface area contributed by atoms with E-state index in [1.54, 1.807) is 19.2 Å². The van der Waals surface area contributed by atoms with Gasteiger partial charge in [0.15, 0.2) is 0 Å². The van der Waals surface area contributed by atoms with Gasteiger partial charge in [-0.15, -0.1) is 0 Å². The summed E-state index contributed by atoms with van der Waals surface area (Å²) in [6.45, 7) is 0. The van der Waals surface area contributed by atoms with Gasteiger partial charge in [0.05, 0.1) is 25.9 Å². The van der Waals surface area contributed by atoms with Crippen LogP contribution < -0.4 is 15.0 Å². The SMILES string of the molecule is COc1cc(OC)c2[nH]c(=O)cnc2c1. The highest BCUT2D eigenvalue weighted by molar-refractivity contribution is 5.82. The van der Waals surface area contributed by atoms with E-state index in [2.05, 4.69) is 9.97 Å². The molecule has 0 unspecified atom stereocenters. The lowest BCUT2D eigenvalue weighted by molar-refractivity contribution is 0.397. The van der Waals surface area contributed by atoms with Crippen LogP contribution in [0.15, 0.2) is 23.1 Å². The number of ether oxygens (including phenoxy) is 2. The molecule has 0 aliphatic rings. The number of hydrogen-bond donors (Lipinski definition) is 1. The molecular formula is C10H10N2O3. The molecule has 0 atom stereocenters. The number of rotatable bonds is 2. The number of methoxy groups -OCH3 is 2. The first-order valence-corrected chi connectivity index (χ1v) is 4.35. The lowest BCUT2D eigenvalue weighted by Crippen LogP contribution is -2.06. The van der Waals surface area contributed by atoms with Crippen LogP contribution in [-0.2, 0) is 0 Å². The van der Waals surface area contributed by atoms with Crippen molar-refractivity contribution in [3.63, 3.8) is 0 Å². The van der Waals surface area contributed by atoms with Crippen molar-refractivity contribution in [2.75, 3.05) is 14.2 Å². The highest BCUT2D eigenvalue weighted by atomic mass is 16.5. The second-order valence-corrected chi connectivity index (χ2v) is 2.97. The van der Waals surface area contributed by atoms with Gasteiger partial charge in [-0.3, -0.25) is 4.79 Å². The van der Waals surface area contributed by atoms with Gasteiger partial charge >= 0.3 is 0 Å². The third-order valence-corrected chi connectivity index (χ3v) is 2.08. The monoisotopic (exact) mass is 206 g/mol. The van der Waals surface area contributed by atoms with E-state index in [4.69, 9.17) is 9.47 Å². The fraction of sp³-hybridized carbons (Fsp3) is 0.200. The first kappa shape index (κ1) is 9.51. The molecule has 2 rings (SSSR count). The average molecular weight is 206 g/mol. The maximum absolute atomic E-state index is 11.1. The van der Waals surface area contributed by atoms with Gasteiger partial charge in [-0.1, -0.05) is 0 Å². The summed E-state index contributed by atoms with van der Waals surface area (Å²) >= 11 is 0. The summed E-state index contributed by atoms with van der Waals surface area (Å²) in [5.74, 6) is 1.17. The quantitative estimate of drug-likeness (QED) is 0.794. The van der Waals surface area contributed by atoms with Gasteiger partial charge in [-0.25, -0.2) is 4.98 Å². The topological polar surface area (TPSA) is 64.2 Å². The molecule has 0 saturated heterocycles. The second-order valence-electron chi connectivity index (χ2n) is 2.97. The van der Waals surface area contributed by atoms with Crippen LogP contribution >= 0.6 is 0 Å². The van der Waals surface area contributed by atoms with Crippen LogP contribution in [-0.4, -0.2) is 24.2 Å². The second kappa shape index (κ2) is 3.61. The van der Waals surface area contributed by atoms with Crippen molar-refractivity contribution in [3.8, 4) is 11.5 Å². The Morgan fingerprint density at radius 3 is 2.73 bits per heavy atom. The molecule has 0 saturated carbocycles. The maximum Gasteiger partial charge on any atom is 0.266 e. The van der Waals surface area contributed by atoms with Crippen molar-refractivity contribution in [1.82, 2.24) is 9.97 Å². The van der Waals surface area contributed by atoms with Crippen LogP contribution in [0, 0.1) is 0 Å². The van der Waals surface area contributed by atoms with Crippen LogP contribution in [0.4, 0.5) is 0 Å². The van der Waals surface area contributed by atoms with E-state index >= 15 is 0 Å². The molecule has 0 aliphatic heterocycles. The van der Waals surface area contributed by atoms with E-state index in [0.717, 1.165) is 0 Å². The molecule has 0 radical (unpaired) electrons. The molecule has 1 N–H and O–H groups in total. The number of fused-ring (bicyclic) bond motifs is 1. The highest BCUT2D eigenvalue weighted by Crippen LogP contribution is 2.27. The molecule has 0 amide bonds. The maximum atomic E-state index is 11.1. The Morgan fingerprint density at radius 1 is 1.27 bits per heavy atom. The van der Waals surface area contributed by atoms with E-state index in [1.807, 2.05) is 0 Å². The zero-order chi connectivity index (χ0) is 10.8. The number of hydrogen-bond acceptors (Lipinski definition) is 4.